The summed E-state index contributed by atoms with van der Waals surface area (Å²) >= 11 is 0. The number of rotatable bonds is 6. The van der Waals surface area contributed by atoms with Gasteiger partial charge in [-0.2, -0.15) is 0 Å². The van der Waals surface area contributed by atoms with E-state index in [0.29, 0.717) is 9.80 Å². The molecule has 0 aliphatic carbocycles. The van der Waals surface area contributed by atoms with Crippen LogP contribution in [0.5, 0.6) is 0 Å². The summed E-state index contributed by atoms with van der Waals surface area (Å²) in [7, 11) is 0. The largest absolute Gasteiger partial charge is 0.448 e. The molecule has 4 amide bonds. The Labute approximate surface area is 203 Å². The molecule has 0 radical (unpaired) electrons. The number of carbonyl (C=O) groups is 8. The van der Waals surface area contributed by atoms with E-state index in [1.54, 1.807) is 0 Å². The third-order valence-corrected chi connectivity index (χ3v) is 4.92. The fourth-order valence-corrected chi connectivity index (χ4v) is 3.69. The molecule has 0 unspecified atom stereocenters. The van der Waals surface area contributed by atoms with Crippen LogP contribution in [0.15, 0.2) is 24.3 Å². The van der Waals surface area contributed by atoms with Crippen LogP contribution in [-0.4, -0.2) is 71.9 Å². The first-order valence-electron chi connectivity index (χ1n) is 10.4. The zero-order valence-corrected chi connectivity index (χ0v) is 19.4. The minimum atomic E-state index is -1.75. The zero-order valence-electron chi connectivity index (χ0n) is 19.4. The predicted molar refractivity (Wildman–Crippen MR) is 114 cm³/mol. The molecule has 0 N–H and O–H groups in total. The summed E-state index contributed by atoms with van der Waals surface area (Å²) in [4.78, 5) is 98.6. The number of benzene rings is 1. The Morgan fingerprint density at radius 2 is 0.806 bits per heavy atom. The third kappa shape index (κ3) is 4.92. The highest BCUT2D eigenvalue weighted by molar-refractivity contribution is 6.27. The van der Waals surface area contributed by atoms with Gasteiger partial charge in [0, 0.05) is 27.7 Å². The summed E-state index contributed by atoms with van der Waals surface area (Å²) in [5, 5.41) is 0. The smallest absolute Gasteiger partial charge is 0.303 e. The maximum Gasteiger partial charge on any atom is 0.303 e. The molecule has 4 atom stereocenters. The van der Waals surface area contributed by atoms with Gasteiger partial charge < -0.3 is 18.9 Å². The first-order valence-corrected chi connectivity index (χ1v) is 10.4. The van der Waals surface area contributed by atoms with Gasteiger partial charge in [-0.05, 0) is 18.2 Å². The lowest BCUT2D eigenvalue weighted by Crippen LogP contribution is -2.36. The lowest BCUT2D eigenvalue weighted by atomic mass is 10.2. The van der Waals surface area contributed by atoms with Crippen molar-refractivity contribution in [1.82, 2.24) is 0 Å². The Morgan fingerprint density at radius 3 is 1.03 bits per heavy atom. The molecule has 2 aliphatic rings. The molecule has 2 heterocycles. The highest BCUT2D eigenvalue weighted by atomic mass is 16.6. The second kappa shape index (κ2) is 9.93. The summed E-state index contributed by atoms with van der Waals surface area (Å²) in [6, 6.07) is 4.95. The van der Waals surface area contributed by atoms with Crippen LogP contribution in [0.3, 0.4) is 0 Å². The third-order valence-electron chi connectivity index (χ3n) is 4.92. The maximum absolute atomic E-state index is 12.9. The van der Waals surface area contributed by atoms with Gasteiger partial charge in [0.2, 0.25) is 24.4 Å². The van der Waals surface area contributed by atoms with Gasteiger partial charge in [0.25, 0.3) is 23.6 Å². The van der Waals surface area contributed by atoms with Crippen molar-refractivity contribution < 1.29 is 57.3 Å². The second-order valence-corrected chi connectivity index (χ2v) is 7.66. The van der Waals surface area contributed by atoms with Crippen molar-refractivity contribution in [3.8, 4) is 0 Å². The van der Waals surface area contributed by atoms with E-state index in [0.717, 1.165) is 33.8 Å². The lowest BCUT2D eigenvalue weighted by molar-refractivity contribution is -0.167. The van der Waals surface area contributed by atoms with Crippen LogP contribution in [-0.2, 0) is 57.3 Å². The number of amides is 4. The zero-order chi connectivity index (χ0) is 26.9. The van der Waals surface area contributed by atoms with Gasteiger partial charge in [-0.25, -0.2) is 9.80 Å². The van der Waals surface area contributed by atoms with E-state index in [-0.39, 0.29) is 11.4 Å². The van der Waals surface area contributed by atoms with Crippen molar-refractivity contribution in [2.45, 2.75) is 52.1 Å². The lowest BCUT2D eigenvalue weighted by Gasteiger charge is -2.19. The number of ether oxygens (including phenoxy) is 4. The molecule has 0 saturated carbocycles. The Kier molecular flexibility index (Phi) is 7.17. The number of hydrogen-bond acceptors (Lipinski definition) is 12. The van der Waals surface area contributed by atoms with E-state index in [4.69, 9.17) is 18.9 Å². The van der Waals surface area contributed by atoms with Crippen molar-refractivity contribution in [2.24, 2.45) is 0 Å². The molecule has 190 valence electrons. The standard InChI is InChI=1S/C22H20N2O12/c1-9(25)33-15-16(34-10(2)26)20(30)23(19(15)29)13-6-5-7-14(8-13)24-21(31)17(35-11(3)27)18(22(24)32)36-12(4)28/h5-8,15-18H,1-4H3/t15-,16-,17-,18-/m1/s1. The molecular weight excluding hydrogens is 484 g/mol. The average molecular weight is 504 g/mol. The molecule has 2 aliphatic heterocycles. The SMILES string of the molecule is CC(=O)O[C@H]1C(=O)N(c2cccc(N3C(=O)[C@H](OC(C)=O)[C@@H](OC(C)=O)C3=O)c2)C(=O)[C@@H]1OC(C)=O. The highest BCUT2D eigenvalue weighted by Gasteiger charge is 2.55. The van der Waals surface area contributed by atoms with Crippen molar-refractivity contribution in [3.05, 3.63) is 24.3 Å². The van der Waals surface area contributed by atoms with E-state index in [1.807, 2.05) is 0 Å². The van der Waals surface area contributed by atoms with Gasteiger partial charge in [-0.3, -0.25) is 38.4 Å². The Balaban J connectivity index is 1.99. The highest BCUT2D eigenvalue weighted by Crippen LogP contribution is 2.33. The molecule has 2 saturated heterocycles. The summed E-state index contributed by atoms with van der Waals surface area (Å²) in [5.41, 5.74) is -0.315. The van der Waals surface area contributed by atoms with E-state index in [2.05, 4.69) is 0 Å². The second-order valence-electron chi connectivity index (χ2n) is 7.66. The number of hydrogen-bond donors (Lipinski definition) is 0. The van der Waals surface area contributed by atoms with Crippen LogP contribution in [0.25, 0.3) is 0 Å². The molecule has 3 rings (SSSR count). The minimum Gasteiger partial charge on any atom is -0.448 e. The number of imide groups is 2. The normalized spacial score (nSPS) is 23.6. The molecule has 1 aromatic rings. The molecule has 14 heteroatoms. The quantitative estimate of drug-likeness (QED) is 0.267. The van der Waals surface area contributed by atoms with Crippen molar-refractivity contribution in [2.75, 3.05) is 9.80 Å². The fourth-order valence-electron chi connectivity index (χ4n) is 3.69. The molecule has 0 spiro atoms. The van der Waals surface area contributed by atoms with Crippen LogP contribution in [0.1, 0.15) is 27.7 Å². The summed E-state index contributed by atoms with van der Waals surface area (Å²) < 4.78 is 19.5. The number of anilines is 2. The summed E-state index contributed by atoms with van der Waals surface area (Å²) in [6.07, 6.45) is -7.00. The average Bonchev–Trinajstić information content (AvgIpc) is 3.12. The Bertz CT molecular complexity index is 1040. The van der Waals surface area contributed by atoms with Gasteiger partial charge in [-0.15, -0.1) is 0 Å². The van der Waals surface area contributed by atoms with Gasteiger partial charge in [0.15, 0.2) is 0 Å². The van der Waals surface area contributed by atoms with Gasteiger partial charge in [0.05, 0.1) is 11.4 Å². The molecule has 0 aromatic heterocycles. The topological polar surface area (TPSA) is 180 Å². The van der Waals surface area contributed by atoms with Gasteiger partial charge in [0.1, 0.15) is 0 Å². The van der Waals surface area contributed by atoms with Gasteiger partial charge >= 0.3 is 23.9 Å². The molecular formula is C22H20N2O12. The first kappa shape index (κ1) is 26.0. The van der Waals surface area contributed by atoms with Crippen LogP contribution in [0.2, 0.25) is 0 Å². The van der Waals surface area contributed by atoms with Crippen LogP contribution in [0, 0.1) is 0 Å². The fraction of sp³-hybridized carbons (Fsp3) is 0.364. The maximum atomic E-state index is 12.9. The number of carbonyl (C=O) groups excluding carboxylic acids is 8. The first-order chi connectivity index (χ1) is 16.8. The number of esters is 4. The van der Waals surface area contributed by atoms with E-state index in [1.165, 1.54) is 18.2 Å². The van der Waals surface area contributed by atoms with Crippen molar-refractivity contribution in [1.29, 1.82) is 0 Å². The van der Waals surface area contributed by atoms with Crippen LogP contribution >= 0.6 is 0 Å². The number of nitrogens with zero attached hydrogens (tertiary/aromatic N) is 2. The Morgan fingerprint density at radius 1 is 0.556 bits per heavy atom. The Hall–Kier alpha value is -4.62. The molecule has 36 heavy (non-hydrogen) atoms. The van der Waals surface area contributed by atoms with Crippen molar-refractivity contribution >= 4 is 58.9 Å². The van der Waals surface area contributed by atoms with Crippen LogP contribution < -0.4 is 9.80 Å². The summed E-state index contributed by atoms with van der Waals surface area (Å²) in [5.74, 6) is -7.77. The predicted octanol–water partition coefficient (Wildman–Crippen LogP) is -0.840. The van der Waals surface area contributed by atoms with Gasteiger partial charge in [-0.1, -0.05) is 6.07 Å². The van der Waals surface area contributed by atoms with Crippen molar-refractivity contribution in [3.63, 3.8) is 0 Å². The molecule has 14 nitrogen and oxygen atoms in total. The van der Waals surface area contributed by atoms with E-state index >= 15 is 0 Å². The van der Waals surface area contributed by atoms with E-state index in [9.17, 15) is 38.4 Å². The van der Waals surface area contributed by atoms with Crippen LogP contribution in [0.4, 0.5) is 11.4 Å². The molecule has 2 fully saturated rings. The monoisotopic (exact) mass is 504 g/mol. The molecule has 0 bridgehead atoms. The summed E-state index contributed by atoms with van der Waals surface area (Å²) in [6.45, 7) is 3.98. The minimum absolute atomic E-state index is 0.158. The van der Waals surface area contributed by atoms with E-state index < -0.39 is 71.9 Å². The molecule has 1 aromatic carbocycles.